The van der Waals surface area contributed by atoms with Crippen LogP contribution in [-0.4, -0.2) is 23.9 Å². The number of nitrogens with one attached hydrogen (secondary N) is 1. The summed E-state index contributed by atoms with van der Waals surface area (Å²) >= 11 is 0. The van der Waals surface area contributed by atoms with Gasteiger partial charge < -0.3 is 9.73 Å². The van der Waals surface area contributed by atoms with Crippen molar-refractivity contribution in [3.8, 4) is 0 Å². The zero-order valence-corrected chi connectivity index (χ0v) is 15.1. The summed E-state index contributed by atoms with van der Waals surface area (Å²) in [4.78, 5) is 27.1. The number of rotatable bonds is 4. The van der Waals surface area contributed by atoms with Crippen LogP contribution in [0, 0.1) is 0 Å². The third-order valence-electron chi connectivity index (χ3n) is 4.95. The minimum Gasteiger partial charge on any atom is -0.422 e. The fourth-order valence-electron chi connectivity index (χ4n) is 3.49. The molecule has 1 N–H and O–H groups in total. The maximum Gasteiger partial charge on any atom is 0.349 e. The third kappa shape index (κ3) is 4.09. The van der Waals surface area contributed by atoms with E-state index in [-0.39, 0.29) is 5.56 Å². The molecule has 0 unspecified atom stereocenters. The van der Waals surface area contributed by atoms with E-state index in [0.717, 1.165) is 25.0 Å². The summed E-state index contributed by atoms with van der Waals surface area (Å²) in [6, 6.07) is 16.5. The number of carbonyl (C=O) groups is 1. The van der Waals surface area contributed by atoms with Gasteiger partial charge in [-0.1, -0.05) is 36.8 Å². The van der Waals surface area contributed by atoms with Gasteiger partial charge in [-0.2, -0.15) is 0 Å². The largest absolute Gasteiger partial charge is 0.422 e. The lowest BCUT2D eigenvalue weighted by Gasteiger charge is -2.26. The van der Waals surface area contributed by atoms with Gasteiger partial charge in [-0.15, -0.1) is 0 Å². The first-order valence-electron chi connectivity index (χ1n) is 9.34. The van der Waals surface area contributed by atoms with Crippen LogP contribution in [0.2, 0.25) is 0 Å². The summed E-state index contributed by atoms with van der Waals surface area (Å²) < 4.78 is 5.23. The molecule has 0 radical (unpaired) electrons. The van der Waals surface area contributed by atoms with E-state index in [0.29, 0.717) is 11.3 Å². The van der Waals surface area contributed by atoms with Crippen molar-refractivity contribution < 1.29 is 9.21 Å². The fourth-order valence-corrected chi connectivity index (χ4v) is 3.49. The molecule has 0 bridgehead atoms. The number of amides is 1. The Morgan fingerprint density at radius 1 is 1.00 bits per heavy atom. The van der Waals surface area contributed by atoms with Crippen molar-refractivity contribution >= 4 is 22.6 Å². The van der Waals surface area contributed by atoms with Crippen LogP contribution in [0.15, 0.2) is 63.8 Å². The molecule has 2 aromatic carbocycles. The second-order valence-electron chi connectivity index (χ2n) is 6.97. The summed E-state index contributed by atoms with van der Waals surface area (Å²) in [5, 5.41) is 3.50. The van der Waals surface area contributed by atoms with Gasteiger partial charge in [0.25, 0.3) is 5.91 Å². The van der Waals surface area contributed by atoms with Gasteiger partial charge in [-0.25, -0.2) is 4.79 Å². The number of benzene rings is 2. The molecule has 5 heteroatoms. The molecule has 3 aromatic rings. The van der Waals surface area contributed by atoms with Gasteiger partial charge >= 0.3 is 5.63 Å². The summed E-state index contributed by atoms with van der Waals surface area (Å²) in [5.41, 5.74) is 1.73. The van der Waals surface area contributed by atoms with Crippen molar-refractivity contribution in [1.29, 1.82) is 0 Å². The molecule has 0 aliphatic carbocycles. The number of nitrogens with zero attached hydrogens (tertiary/aromatic N) is 1. The second-order valence-corrected chi connectivity index (χ2v) is 6.97. The number of likely N-dealkylation sites (tertiary alicyclic amines) is 1. The minimum absolute atomic E-state index is 0.00564. The monoisotopic (exact) mass is 362 g/mol. The van der Waals surface area contributed by atoms with Gasteiger partial charge in [-0.05, 0) is 55.8 Å². The first kappa shape index (κ1) is 17.5. The van der Waals surface area contributed by atoms with Gasteiger partial charge in [0.05, 0.1) is 0 Å². The Bertz CT molecular complexity index is 1000. The van der Waals surface area contributed by atoms with Crippen LogP contribution in [0.3, 0.4) is 0 Å². The lowest BCUT2D eigenvalue weighted by molar-refractivity contribution is 0.102. The number of para-hydroxylation sites is 1. The quantitative estimate of drug-likeness (QED) is 0.712. The maximum absolute atomic E-state index is 12.5. The van der Waals surface area contributed by atoms with Crippen molar-refractivity contribution in [3.63, 3.8) is 0 Å². The molecular formula is C22H22N2O3. The molecule has 1 aliphatic rings. The van der Waals surface area contributed by atoms with E-state index in [1.54, 1.807) is 18.2 Å². The van der Waals surface area contributed by atoms with E-state index in [4.69, 9.17) is 4.42 Å². The molecule has 1 fully saturated rings. The SMILES string of the molecule is O=C(Nc1ccc(CN2CCCCC2)cc1)c1cc2ccccc2oc1=O. The molecule has 27 heavy (non-hydrogen) atoms. The van der Waals surface area contributed by atoms with E-state index in [9.17, 15) is 9.59 Å². The molecule has 0 atom stereocenters. The summed E-state index contributed by atoms with van der Waals surface area (Å²) in [6.45, 7) is 3.23. The molecule has 5 nitrogen and oxygen atoms in total. The standard InChI is InChI=1S/C22H22N2O3/c25-21(19-14-17-6-2-3-7-20(17)27-22(19)26)23-18-10-8-16(9-11-18)15-24-12-4-1-5-13-24/h2-3,6-11,14H,1,4-5,12-13,15H2,(H,23,25). The molecular weight excluding hydrogens is 340 g/mol. The number of piperidine rings is 1. The van der Waals surface area contributed by atoms with E-state index in [1.807, 2.05) is 36.4 Å². The molecule has 1 aromatic heterocycles. The van der Waals surface area contributed by atoms with E-state index in [1.165, 1.54) is 24.8 Å². The smallest absolute Gasteiger partial charge is 0.349 e. The molecule has 0 spiro atoms. The second kappa shape index (κ2) is 7.76. The van der Waals surface area contributed by atoms with Gasteiger partial charge in [0, 0.05) is 17.6 Å². The Hall–Kier alpha value is -2.92. The highest BCUT2D eigenvalue weighted by Gasteiger charge is 2.14. The number of carbonyl (C=O) groups excluding carboxylic acids is 1. The van der Waals surface area contributed by atoms with E-state index >= 15 is 0 Å². The molecule has 2 heterocycles. The van der Waals surface area contributed by atoms with Crippen LogP contribution < -0.4 is 10.9 Å². The molecule has 1 aliphatic heterocycles. The van der Waals surface area contributed by atoms with Crippen molar-refractivity contribution in [2.75, 3.05) is 18.4 Å². The van der Waals surface area contributed by atoms with Crippen LogP contribution in [0.25, 0.3) is 11.0 Å². The Balaban J connectivity index is 1.46. The lowest BCUT2D eigenvalue weighted by atomic mass is 10.1. The first-order valence-corrected chi connectivity index (χ1v) is 9.34. The molecule has 0 saturated carbocycles. The first-order chi connectivity index (χ1) is 13.2. The average Bonchev–Trinajstić information content (AvgIpc) is 2.69. The van der Waals surface area contributed by atoms with Crippen LogP contribution >= 0.6 is 0 Å². The van der Waals surface area contributed by atoms with Crippen molar-refractivity contribution in [2.45, 2.75) is 25.8 Å². The Labute approximate surface area is 157 Å². The Kier molecular flexibility index (Phi) is 5.03. The Morgan fingerprint density at radius 3 is 2.52 bits per heavy atom. The highest BCUT2D eigenvalue weighted by atomic mass is 16.4. The number of fused-ring (bicyclic) bond motifs is 1. The molecule has 138 valence electrons. The summed E-state index contributed by atoms with van der Waals surface area (Å²) in [5.74, 6) is -0.460. The van der Waals surface area contributed by atoms with Crippen LogP contribution in [0.5, 0.6) is 0 Å². The van der Waals surface area contributed by atoms with Crippen molar-refractivity contribution in [2.24, 2.45) is 0 Å². The van der Waals surface area contributed by atoms with Gasteiger partial charge in [-0.3, -0.25) is 9.69 Å². The summed E-state index contributed by atoms with van der Waals surface area (Å²) in [7, 11) is 0. The molecule has 1 saturated heterocycles. The van der Waals surface area contributed by atoms with Crippen molar-refractivity contribution in [1.82, 2.24) is 4.90 Å². The van der Waals surface area contributed by atoms with Gasteiger partial charge in [0.15, 0.2) is 0 Å². The van der Waals surface area contributed by atoms with Crippen LogP contribution in [-0.2, 0) is 6.54 Å². The molecule has 1 amide bonds. The number of anilines is 1. The van der Waals surface area contributed by atoms with E-state index in [2.05, 4.69) is 10.2 Å². The minimum atomic E-state index is -0.632. The van der Waals surface area contributed by atoms with Crippen LogP contribution in [0.1, 0.15) is 35.2 Å². The number of hydrogen-bond donors (Lipinski definition) is 1. The zero-order chi connectivity index (χ0) is 18.6. The lowest BCUT2D eigenvalue weighted by Crippen LogP contribution is -2.29. The summed E-state index contributed by atoms with van der Waals surface area (Å²) in [6.07, 6.45) is 3.86. The highest BCUT2D eigenvalue weighted by Crippen LogP contribution is 2.17. The highest BCUT2D eigenvalue weighted by molar-refractivity contribution is 6.05. The average molecular weight is 362 g/mol. The maximum atomic E-state index is 12.5. The number of hydrogen-bond acceptors (Lipinski definition) is 4. The van der Waals surface area contributed by atoms with Crippen molar-refractivity contribution in [3.05, 3.63) is 76.1 Å². The fraction of sp³-hybridized carbons (Fsp3) is 0.273. The van der Waals surface area contributed by atoms with E-state index < -0.39 is 11.5 Å². The normalized spacial score (nSPS) is 15.0. The topological polar surface area (TPSA) is 62.6 Å². The van der Waals surface area contributed by atoms with Crippen LogP contribution in [0.4, 0.5) is 5.69 Å². The predicted octanol–water partition coefficient (Wildman–Crippen LogP) is 4.03. The van der Waals surface area contributed by atoms with Gasteiger partial charge in [0.1, 0.15) is 11.1 Å². The predicted molar refractivity (Wildman–Crippen MR) is 106 cm³/mol. The molecule has 4 rings (SSSR count). The van der Waals surface area contributed by atoms with Gasteiger partial charge in [0.2, 0.25) is 0 Å². The third-order valence-corrected chi connectivity index (χ3v) is 4.95. The zero-order valence-electron chi connectivity index (χ0n) is 15.1. The Morgan fingerprint density at radius 2 is 1.74 bits per heavy atom.